The number of nitrogens with zero attached hydrogens (tertiary/aromatic N) is 2. The van der Waals surface area contributed by atoms with Crippen molar-refractivity contribution in [2.45, 2.75) is 38.0 Å². The summed E-state index contributed by atoms with van der Waals surface area (Å²) in [6.45, 7) is 0. The molecule has 0 saturated heterocycles. The largest absolute Gasteiger partial charge is 0.383 e. The molecule has 0 unspecified atom stereocenters. The fraction of sp³-hybridized carbons (Fsp3) is 0.375. The first kappa shape index (κ1) is 14.8. The summed E-state index contributed by atoms with van der Waals surface area (Å²) in [5, 5.41) is 0.730. The summed E-state index contributed by atoms with van der Waals surface area (Å²) in [4.78, 5) is 9.17. The lowest BCUT2D eigenvalue weighted by Crippen LogP contribution is -2.08. The molecule has 3 nitrogen and oxygen atoms in total. The molecule has 1 aromatic heterocycles. The third-order valence-electron chi connectivity index (χ3n) is 3.94. The van der Waals surface area contributed by atoms with E-state index in [1.54, 1.807) is 0 Å². The van der Waals surface area contributed by atoms with E-state index < -0.39 is 0 Å². The second kappa shape index (κ2) is 6.32. The third kappa shape index (κ3) is 3.38. The molecule has 1 heterocycles. The number of anilines is 1. The van der Waals surface area contributed by atoms with E-state index in [0.717, 1.165) is 26.6 Å². The smallest absolute Gasteiger partial charge is 0.141 e. The Balaban J connectivity index is 1.92. The van der Waals surface area contributed by atoms with Crippen LogP contribution in [0.4, 0.5) is 5.82 Å². The molecule has 21 heavy (non-hydrogen) atoms. The Morgan fingerprint density at radius 2 is 2.00 bits per heavy atom. The first-order valence-electron chi connectivity index (χ1n) is 7.19. The van der Waals surface area contributed by atoms with Crippen molar-refractivity contribution < 1.29 is 0 Å². The molecule has 0 radical (unpaired) electrons. The first-order chi connectivity index (χ1) is 10.1. The molecule has 0 amide bonds. The van der Waals surface area contributed by atoms with Crippen LogP contribution in [0.2, 0.25) is 5.02 Å². The Kier molecular flexibility index (Phi) is 4.45. The van der Waals surface area contributed by atoms with Crippen LogP contribution in [0.15, 0.2) is 28.7 Å². The van der Waals surface area contributed by atoms with E-state index in [4.69, 9.17) is 22.3 Å². The Morgan fingerprint density at radius 3 is 2.71 bits per heavy atom. The highest BCUT2D eigenvalue weighted by Gasteiger charge is 2.23. The Labute approximate surface area is 138 Å². The Bertz CT molecular complexity index is 654. The number of aromatic nitrogens is 2. The Morgan fingerprint density at radius 1 is 1.24 bits per heavy atom. The van der Waals surface area contributed by atoms with Crippen LogP contribution in [-0.2, 0) is 6.42 Å². The normalized spacial score (nSPS) is 15.5. The van der Waals surface area contributed by atoms with Gasteiger partial charge in [0.25, 0.3) is 0 Å². The monoisotopic (exact) mass is 365 g/mol. The molecule has 1 aliphatic rings. The molecule has 2 aromatic rings. The van der Waals surface area contributed by atoms with Gasteiger partial charge >= 0.3 is 0 Å². The lowest BCUT2D eigenvalue weighted by molar-refractivity contribution is 0.682. The fourth-order valence-electron chi connectivity index (χ4n) is 2.91. The van der Waals surface area contributed by atoms with Crippen LogP contribution in [0.25, 0.3) is 0 Å². The molecule has 2 N–H and O–H groups in total. The number of hydrogen-bond donors (Lipinski definition) is 1. The summed E-state index contributed by atoms with van der Waals surface area (Å²) in [6, 6.07) is 7.78. The standard InChI is InChI=1S/C16H17BrClN3/c17-14-15(11-5-1-2-6-11)20-13(21-16(14)19)9-10-4-3-7-12(18)8-10/h3-4,7-8,11H,1-2,5-6,9H2,(H2,19,20,21). The van der Waals surface area contributed by atoms with Crippen LogP contribution in [0.1, 0.15) is 48.7 Å². The van der Waals surface area contributed by atoms with Gasteiger partial charge in [0.2, 0.25) is 0 Å². The van der Waals surface area contributed by atoms with Gasteiger partial charge in [0.1, 0.15) is 11.6 Å². The van der Waals surface area contributed by atoms with Crippen LogP contribution in [0, 0.1) is 0 Å². The van der Waals surface area contributed by atoms with Crippen LogP contribution < -0.4 is 5.73 Å². The molecule has 0 bridgehead atoms. The second-order valence-electron chi connectivity index (χ2n) is 5.51. The number of rotatable bonds is 3. The van der Waals surface area contributed by atoms with Crippen LogP contribution in [0.5, 0.6) is 0 Å². The zero-order valence-corrected chi connectivity index (χ0v) is 14.0. The maximum atomic E-state index is 6.05. The second-order valence-corrected chi connectivity index (χ2v) is 6.74. The predicted octanol–water partition coefficient (Wildman–Crippen LogP) is 4.72. The zero-order chi connectivity index (χ0) is 14.8. The summed E-state index contributed by atoms with van der Waals surface area (Å²) >= 11 is 9.58. The number of benzene rings is 1. The molecular weight excluding hydrogens is 350 g/mol. The highest BCUT2D eigenvalue weighted by Crippen LogP contribution is 2.38. The highest BCUT2D eigenvalue weighted by molar-refractivity contribution is 9.10. The van der Waals surface area contributed by atoms with Gasteiger partial charge in [0.15, 0.2) is 0 Å². The van der Waals surface area contributed by atoms with Crippen molar-refractivity contribution >= 4 is 33.3 Å². The summed E-state index contributed by atoms with van der Waals surface area (Å²) in [6.07, 6.45) is 5.56. The average molecular weight is 367 g/mol. The van der Waals surface area contributed by atoms with Crippen molar-refractivity contribution in [3.63, 3.8) is 0 Å². The van der Waals surface area contributed by atoms with E-state index in [-0.39, 0.29) is 0 Å². The molecule has 0 spiro atoms. The van der Waals surface area contributed by atoms with Gasteiger partial charge in [0.05, 0.1) is 10.2 Å². The molecule has 3 rings (SSSR count). The number of hydrogen-bond acceptors (Lipinski definition) is 3. The van der Waals surface area contributed by atoms with E-state index in [9.17, 15) is 0 Å². The first-order valence-corrected chi connectivity index (χ1v) is 8.37. The van der Waals surface area contributed by atoms with Crippen LogP contribution in [-0.4, -0.2) is 9.97 Å². The summed E-state index contributed by atoms with van der Waals surface area (Å²) in [5.74, 6) is 1.80. The number of halogens is 2. The van der Waals surface area contributed by atoms with E-state index in [1.165, 1.54) is 25.7 Å². The van der Waals surface area contributed by atoms with Crippen molar-refractivity contribution in [1.82, 2.24) is 9.97 Å². The van der Waals surface area contributed by atoms with E-state index in [1.807, 2.05) is 24.3 Å². The van der Waals surface area contributed by atoms with Gasteiger partial charge in [-0.05, 0) is 46.5 Å². The Hall–Kier alpha value is -1.13. The van der Waals surface area contributed by atoms with Gasteiger partial charge in [-0.1, -0.05) is 36.6 Å². The van der Waals surface area contributed by atoms with Gasteiger partial charge in [-0.2, -0.15) is 0 Å². The van der Waals surface area contributed by atoms with Crippen molar-refractivity contribution in [2.24, 2.45) is 0 Å². The minimum Gasteiger partial charge on any atom is -0.383 e. The summed E-state index contributed by atoms with van der Waals surface area (Å²) < 4.78 is 0.865. The lowest BCUT2D eigenvalue weighted by atomic mass is 10.0. The SMILES string of the molecule is Nc1nc(Cc2cccc(Cl)c2)nc(C2CCCC2)c1Br. The van der Waals surface area contributed by atoms with Crippen molar-refractivity contribution in [3.05, 3.63) is 50.8 Å². The van der Waals surface area contributed by atoms with Gasteiger partial charge in [-0.15, -0.1) is 0 Å². The molecule has 1 aliphatic carbocycles. The van der Waals surface area contributed by atoms with Crippen LogP contribution >= 0.6 is 27.5 Å². The highest BCUT2D eigenvalue weighted by atomic mass is 79.9. The predicted molar refractivity (Wildman–Crippen MR) is 89.6 cm³/mol. The van der Waals surface area contributed by atoms with E-state index in [0.29, 0.717) is 18.2 Å². The van der Waals surface area contributed by atoms with E-state index >= 15 is 0 Å². The average Bonchev–Trinajstić information content (AvgIpc) is 2.96. The van der Waals surface area contributed by atoms with Crippen LogP contribution in [0.3, 0.4) is 0 Å². The molecule has 5 heteroatoms. The topological polar surface area (TPSA) is 51.8 Å². The molecule has 0 atom stereocenters. The maximum absolute atomic E-state index is 6.05. The number of nitrogens with two attached hydrogens (primary N) is 1. The van der Waals surface area contributed by atoms with Gasteiger partial charge < -0.3 is 5.73 Å². The lowest BCUT2D eigenvalue weighted by Gasteiger charge is -2.14. The molecule has 110 valence electrons. The van der Waals surface area contributed by atoms with Gasteiger partial charge in [-0.3, -0.25) is 0 Å². The molecular formula is C16H17BrClN3. The molecule has 0 aliphatic heterocycles. The maximum Gasteiger partial charge on any atom is 0.141 e. The summed E-state index contributed by atoms with van der Waals surface area (Å²) in [5.41, 5.74) is 8.21. The fourth-order valence-corrected chi connectivity index (χ4v) is 3.62. The number of nitrogen functional groups attached to an aromatic ring is 1. The minimum atomic E-state index is 0.503. The quantitative estimate of drug-likeness (QED) is 0.855. The van der Waals surface area contributed by atoms with Crippen molar-refractivity contribution in [2.75, 3.05) is 5.73 Å². The molecule has 1 saturated carbocycles. The van der Waals surface area contributed by atoms with Gasteiger partial charge in [-0.25, -0.2) is 9.97 Å². The molecule has 1 fully saturated rings. The summed E-state index contributed by atoms with van der Waals surface area (Å²) in [7, 11) is 0. The van der Waals surface area contributed by atoms with Crippen molar-refractivity contribution in [1.29, 1.82) is 0 Å². The molecule has 1 aromatic carbocycles. The minimum absolute atomic E-state index is 0.503. The third-order valence-corrected chi connectivity index (χ3v) is 4.99. The van der Waals surface area contributed by atoms with E-state index in [2.05, 4.69) is 20.9 Å². The van der Waals surface area contributed by atoms with Gasteiger partial charge in [0, 0.05) is 17.4 Å². The zero-order valence-electron chi connectivity index (χ0n) is 11.6. The van der Waals surface area contributed by atoms with Crippen molar-refractivity contribution in [3.8, 4) is 0 Å².